The molecule has 6 heteroatoms. The summed E-state index contributed by atoms with van der Waals surface area (Å²) in [4.78, 5) is 35.0. The highest BCUT2D eigenvalue weighted by Gasteiger charge is 2.32. The molecular weight excluding hydrogens is 348 g/mol. The van der Waals surface area contributed by atoms with Gasteiger partial charge in [-0.05, 0) is 31.6 Å². The van der Waals surface area contributed by atoms with E-state index >= 15 is 0 Å². The number of carboxylic acids is 1. The van der Waals surface area contributed by atoms with Gasteiger partial charge in [-0.15, -0.1) is 0 Å². The van der Waals surface area contributed by atoms with Gasteiger partial charge in [-0.2, -0.15) is 0 Å². The Hall–Kier alpha value is -2.37. The van der Waals surface area contributed by atoms with Gasteiger partial charge in [0, 0.05) is 12.8 Å². The highest BCUT2D eigenvalue weighted by molar-refractivity contribution is 6.19. The van der Waals surface area contributed by atoms with Crippen LogP contribution < -0.4 is 0 Å². The number of ketones is 1. The number of ether oxygens (including phenoxy) is 1. The topological polar surface area (TPSA) is 101 Å². The normalized spacial score (nSPS) is 22.5. The Morgan fingerprint density at radius 1 is 1.30 bits per heavy atom. The van der Waals surface area contributed by atoms with Crippen molar-refractivity contribution in [3.8, 4) is 0 Å². The van der Waals surface area contributed by atoms with E-state index in [0.29, 0.717) is 12.8 Å². The van der Waals surface area contributed by atoms with Crippen molar-refractivity contribution >= 4 is 17.7 Å². The number of carboxylic acid groups (broad SMARTS) is 1. The van der Waals surface area contributed by atoms with Crippen LogP contribution in [0, 0.1) is 11.8 Å². The molecule has 1 saturated heterocycles. The van der Waals surface area contributed by atoms with Crippen molar-refractivity contribution in [2.75, 3.05) is 0 Å². The number of hydrogen-bond donors (Lipinski definition) is 2. The van der Waals surface area contributed by atoms with Gasteiger partial charge in [0.05, 0.1) is 5.57 Å². The van der Waals surface area contributed by atoms with E-state index < -0.39 is 18.0 Å². The average molecular weight is 378 g/mol. The fourth-order valence-electron chi connectivity index (χ4n) is 2.71. The maximum Gasteiger partial charge on any atom is 0.345 e. The van der Waals surface area contributed by atoms with Crippen LogP contribution in [0.1, 0.15) is 59.8 Å². The Morgan fingerprint density at radius 2 is 1.96 bits per heavy atom. The molecule has 0 aromatic rings. The van der Waals surface area contributed by atoms with Gasteiger partial charge in [0.2, 0.25) is 0 Å². The molecule has 0 spiro atoms. The second-order valence-corrected chi connectivity index (χ2v) is 7.26. The number of cyclic esters (lactones) is 1. The van der Waals surface area contributed by atoms with Gasteiger partial charge in [0.15, 0.2) is 5.78 Å². The molecule has 3 atom stereocenters. The maximum absolute atomic E-state index is 11.9. The van der Waals surface area contributed by atoms with Crippen LogP contribution in [0.3, 0.4) is 0 Å². The lowest BCUT2D eigenvalue weighted by molar-refractivity contribution is -0.150. The van der Waals surface area contributed by atoms with Crippen molar-refractivity contribution < 1.29 is 29.3 Å². The predicted molar refractivity (Wildman–Crippen MR) is 102 cm³/mol. The third-order valence-electron chi connectivity index (χ3n) is 4.62. The van der Waals surface area contributed by atoms with Gasteiger partial charge in [-0.1, -0.05) is 45.4 Å². The van der Waals surface area contributed by atoms with Crippen LogP contribution in [0.15, 0.2) is 35.1 Å². The summed E-state index contributed by atoms with van der Waals surface area (Å²) >= 11 is 0. The monoisotopic (exact) mass is 378 g/mol. The van der Waals surface area contributed by atoms with Gasteiger partial charge < -0.3 is 14.9 Å². The molecule has 1 aliphatic rings. The number of esters is 1. The van der Waals surface area contributed by atoms with Crippen LogP contribution in [-0.4, -0.2) is 34.0 Å². The van der Waals surface area contributed by atoms with Crippen LogP contribution in [0.4, 0.5) is 0 Å². The molecule has 1 heterocycles. The summed E-state index contributed by atoms with van der Waals surface area (Å²) in [6.45, 7) is 7.57. The molecule has 0 radical (unpaired) electrons. The first kappa shape index (κ1) is 22.7. The molecule has 1 fully saturated rings. The molecule has 150 valence electrons. The van der Waals surface area contributed by atoms with Crippen molar-refractivity contribution in [3.63, 3.8) is 0 Å². The number of carbonyl (C=O) groups excluding carboxylic acids is 2. The first-order chi connectivity index (χ1) is 12.6. The SMILES string of the molecule is CC[C@H](C)/C=C(\C=C\C[C@H](C)CC/C(O)=C1/C(=O)C[C@@H](C)OC1=O)C(=O)O. The van der Waals surface area contributed by atoms with E-state index in [2.05, 4.69) is 0 Å². The van der Waals surface area contributed by atoms with E-state index in [0.717, 1.165) is 6.42 Å². The highest BCUT2D eigenvalue weighted by atomic mass is 16.5. The molecule has 0 unspecified atom stereocenters. The minimum Gasteiger partial charge on any atom is -0.511 e. The number of aliphatic carboxylic acids is 1. The molecule has 27 heavy (non-hydrogen) atoms. The maximum atomic E-state index is 11.9. The lowest BCUT2D eigenvalue weighted by Crippen LogP contribution is -2.31. The summed E-state index contributed by atoms with van der Waals surface area (Å²) in [7, 11) is 0. The van der Waals surface area contributed by atoms with Crippen molar-refractivity contribution in [2.45, 2.75) is 65.9 Å². The quantitative estimate of drug-likeness (QED) is 0.206. The Morgan fingerprint density at radius 3 is 2.52 bits per heavy atom. The van der Waals surface area contributed by atoms with Crippen LogP contribution >= 0.6 is 0 Å². The number of aliphatic hydroxyl groups excluding tert-OH is 1. The van der Waals surface area contributed by atoms with Crippen LogP contribution in [-0.2, 0) is 19.1 Å². The Labute approximate surface area is 160 Å². The summed E-state index contributed by atoms with van der Waals surface area (Å²) in [5, 5.41) is 19.4. The van der Waals surface area contributed by atoms with E-state index in [1.807, 2.05) is 20.8 Å². The fourth-order valence-corrected chi connectivity index (χ4v) is 2.71. The van der Waals surface area contributed by atoms with Gasteiger partial charge in [-0.3, -0.25) is 4.79 Å². The van der Waals surface area contributed by atoms with Crippen LogP contribution in [0.2, 0.25) is 0 Å². The van der Waals surface area contributed by atoms with E-state index in [-0.39, 0.29) is 47.4 Å². The van der Waals surface area contributed by atoms with Crippen molar-refractivity contribution in [3.05, 3.63) is 35.1 Å². The minimum absolute atomic E-state index is 0.0872. The average Bonchev–Trinajstić information content (AvgIpc) is 2.57. The zero-order chi connectivity index (χ0) is 20.6. The molecule has 0 saturated carbocycles. The van der Waals surface area contributed by atoms with E-state index in [1.165, 1.54) is 0 Å². The van der Waals surface area contributed by atoms with E-state index in [9.17, 15) is 24.6 Å². The molecule has 0 bridgehead atoms. The summed E-state index contributed by atoms with van der Waals surface area (Å²) in [5.41, 5.74) is 0.0340. The number of hydrogen-bond acceptors (Lipinski definition) is 5. The molecule has 0 amide bonds. The van der Waals surface area contributed by atoms with Gasteiger partial charge in [-0.25, -0.2) is 9.59 Å². The summed E-state index contributed by atoms with van der Waals surface area (Å²) in [6, 6.07) is 0. The fraction of sp³-hybridized carbons (Fsp3) is 0.571. The second kappa shape index (κ2) is 10.7. The molecule has 0 aromatic carbocycles. The number of Topliss-reactive ketones (excluding diaryl/α,β-unsaturated/α-hetero) is 1. The standard InChI is InChI=1S/C21H30O6/c1-5-13(2)11-16(20(24)25)8-6-7-14(3)9-10-17(22)19-18(23)12-15(4)27-21(19)26/h6,8,11,13-15,22H,5,7,9-10,12H2,1-4H3,(H,24,25)/b8-6+,16-11+,19-17+/t13-,14-,15+/m0/s1. The molecule has 0 aliphatic carbocycles. The van der Waals surface area contributed by atoms with Crippen molar-refractivity contribution in [1.82, 2.24) is 0 Å². The zero-order valence-corrected chi connectivity index (χ0v) is 16.5. The third-order valence-corrected chi connectivity index (χ3v) is 4.62. The predicted octanol–water partition coefficient (Wildman–Crippen LogP) is 4.12. The first-order valence-corrected chi connectivity index (χ1v) is 9.43. The first-order valence-electron chi connectivity index (χ1n) is 9.43. The summed E-state index contributed by atoms with van der Waals surface area (Å²) < 4.78 is 5.00. The van der Waals surface area contributed by atoms with Gasteiger partial charge in [0.25, 0.3) is 0 Å². The van der Waals surface area contributed by atoms with Crippen molar-refractivity contribution in [2.24, 2.45) is 11.8 Å². The molecule has 2 N–H and O–H groups in total. The van der Waals surface area contributed by atoms with Crippen molar-refractivity contribution in [1.29, 1.82) is 0 Å². The number of allylic oxidation sites excluding steroid dienone is 3. The second-order valence-electron chi connectivity index (χ2n) is 7.26. The van der Waals surface area contributed by atoms with Gasteiger partial charge >= 0.3 is 11.9 Å². The molecule has 0 aromatic heterocycles. The minimum atomic E-state index is -0.954. The lowest BCUT2D eigenvalue weighted by atomic mass is 9.96. The largest absolute Gasteiger partial charge is 0.511 e. The molecule has 1 aliphatic heterocycles. The number of rotatable bonds is 9. The highest BCUT2D eigenvalue weighted by Crippen LogP contribution is 2.23. The Balaban J connectivity index is 2.62. The number of aliphatic hydroxyl groups is 1. The molecular formula is C21H30O6. The van der Waals surface area contributed by atoms with Crippen LogP contribution in [0.5, 0.6) is 0 Å². The third kappa shape index (κ3) is 7.41. The molecule has 6 nitrogen and oxygen atoms in total. The zero-order valence-electron chi connectivity index (χ0n) is 16.5. The Kier molecular flexibility index (Phi) is 8.98. The van der Waals surface area contributed by atoms with E-state index in [4.69, 9.17) is 4.74 Å². The molecule has 1 rings (SSSR count). The summed E-state index contributed by atoms with van der Waals surface area (Å²) in [6.07, 6.45) is 7.04. The smallest absolute Gasteiger partial charge is 0.345 e. The Bertz CT molecular complexity index is 636. The summed E-state index contributed by atoms with van der Waals surface area (Å²) in [5.74, 6) is -1.98. The lowest BCUT2D eigenvalue weighted by Gasteiger charge is -2.20. The van der Waals surface area contributed by atoms with E-state index in [1.54, 1.807) is 25.2 Å². The number of carbonyl (C=O) groups is 3. The van der Waals surface area contributed by atoms with Crippen LogP contribution in [0.25, 0.3) is 0 Å². The van der Waals surface area contributed by atoms with Gasteiger partial charge in [0.1, 0.15) is 17.4 Å².